The summed E-state index contributed by atoms with van der Waals surface area (Å²) < 4.78 is 21.0. The normalized spacial score (nSPS) is 16.4. The number of carbonyl (C=O) groups excluding carboxylic acids is 2. The third kappa shape index (κ3) is 4.28. The highest BCUT2D eigenvalue weighted by molar-refractivity contribution is 7.13. The predicted octanol–water partition coefficient (Wildman–Crippen LogP) is 3.90. The number of anilines is 3. The summed E-state index contributed by atoms with van der Waals surface area (Å²) in [6.07, 6.45) is 2.34. The maximum atomic E-state index is 13.2. The molecule has 1 fully saturated rings. The minimum absolute atomic E-state index is 0.0724. The van der Waals surface area contributed by atoms with Crippen LogP contribution in [-0.4, -0.2) is 58.5 Å². The number of aryl methyl sites for hydroxylation is 1. The van der Waals surface area contributed by atoms with Crippen LogP contribution in [-0.2, 0) is 11.8 Å². The summed E-state index contributed by atoms with van der Waals surface area (Å²) in [6, 6.07) is 11.3. The minimum Gasteiger partial charge on any atom is -0.489 e. The van der Waals surface area contributed by atoms with Crippen LogP contribution in [0.15, 0.2) is 54.2 Å². The van der Waals surface area contributed by atoms with Gasteiger partial charge in [-0.05, 0) is 36.6 Å². The molecule has 1 saturated heterocycles. The van der Waals surface area contributed by atoms with Crippen LogP contribution in [0.3, 0.4) is 0 Å². The van der Waals surface area contributed by atoms with Crippen LogP contribution >= 0.6 is 11.3 Å². The van der Waals surface area contributed by atoms with Crippen LogP contribution in [0.25, 0.3) is 10.4 Å². The molecular formula is C27H25FN6O3S. The lowest BCUT2D eigenvalue weighted by molar-refractivity contribution is -0.112. The van der Waals surface area contributed by atoms with Gasteiger partial charge in [0.25, 0.3) is 11.7 Å². The molecule has 0 saturated carbocycles. The molecule has 0 spiro atoms. The van der Waals surface area contributed by atoms with Gasteiger partial charge in [0.05, 0.1) is 24.1 Å². The van der Waals surface area contributed by atoms with E-state index in [-0.39, 0.29) is 6.04 Å². The van der Waals surface area contributed by atoms with Crippen LogP contribution in [0.4, 0.5) is 21.7 Å². The van der Waals surface area contributed by atoms with Crippen LogP contribution < -0.4 is 19.9 Å². The molecule has 5 heterocycles. The van der Waals surface area contributed by atoms with E-state index in [2.05, 4.69) is 20.2 Å². The molecule has 1 unspecified atom stereocenters. The second-order valence-corrected chi connectivity index (χ2v) is 10.3. The summed E-state index contributed by atoms with van der Waals surface area (Å²) in [6.45, 7) is 4.38. The molecule has 0 bridgehead atoms. The van der Waals surface area contributed by atoms with Gasteiger partial charge < -0.3 is 24.4 Å². The number of halogens is 1. The van der Waals surface area contributed by atoms with Gasteiger partial charge in [-0.3, -0.25) is 9.59 Å². The Morgan fingerprint density at radius 1 is 1.16 bits per heavy atom. The van der Waals surface area contributed by atoms with Crippen LogP contribution in [0.2, 0.25) is 0 Å². The molecule has 1 amide bonds. The summed E-state index contributed by atoms with van der Waals surface area (Å²) in [7, 11) is 1.79. The number of fused-ring (bicyclic) bond motifs is 3. The van der Waals surface area contributed by atoms with Gasteiger partial charge in [-0.15, -0.1) is 11.3 Å². The summed E-state index contributed by atoms with van der Waals surface area (Å²) in [5.41, 5.74) is 3.42. The van der Waals surface area contributed by atoms with Crippen molar-refractivity contribution in [2.45, 2.75) is 13.0 Å². The smallest absolute Gasteiger partial charge is 0.298 e. The van der Waals surface area contributed by atoms with Crippen LogP contribution in [0.5, 0.6) is 5.75 Å². The molecule has 38 heavy (non-hydrogen) atoms. The Labute approximate surface area is 222 Å². The molecule has 6 rings (SSSR count). The predicted molar refractivity (Wildman–Crippen MR) is 144 cm³/mol. The van der Waals surface area contributed by atoms with Crippen LogP contribution in [0.1, 0.15) is 16.2 Å². The third-order valence-corrected chi connectivity index (χ3v) is 7.91. The Hall–Kier alpha value is -4.25. The van der Waals surface area contributed by atoms with E-state index in [0.717, 1.165) is 21.8 Å². The first-order chi connectivity index (χ1) is 18.4. The number of Topliss-reactive ketones (excluding diaryl/α,β-unsaturated/α-hetero) is 1. The fraction of sp³-hybridized carbons (Fsp3) is 0.259. The van der Waals surface area contributed by atoms with E-state index in [1.165, 1.54) is 23.7 Å². The van der Waals surface area contributed by atoms with Gasteiger partial charge in [0.1, 0.15) is 18.1 Å². The second kappa shape index (κ2) is 9.56. The number of nitrogens with zero attached hydrogens (tertiary/aromatic N) is 5. The van der Waals surface area contributed by atoms with Gasteiger partial charge in [0.15, 0.2) is 5.82 Å². The second-order valence-electron chi connectivity index (χ2n) is 9.36. The number of thiophene rings is 1. The average Bonchev–Trinajstić information content (AvgIpc) is 3.56. The van der Waals surface area contributed by atoms with Crippen molar-refractivity contribution in [3.8, 4) is 16.2 Å². The molecule has 3 aromatic heterocycles. The molecule has 1 aromatic carbocycles. The van der Waals surface area contributed by atoms with Crippen molar-refractivity contribution in [1.29, 1.82) is 0 Å². The number of ketones is 1. The van der Waals surface area contributed by atoms with Crippen molar-refractivity contribution in [1.82, 2.24) is 14.5 Å². The maximum Gasteiger partial charge on any atom is 0.298 e. The molecule has 2 aliphatic rings. The van der Waals surface area contributed by atoms with E-state index in [1.807, 2.05) is 41.5 Å². The zero-order valence-corrected chi connectivity index (χ0v) is 21.7. The summed E-state index contributed by atoms with van der Waals surface area (Å²) in [4.78, 5) is 39.7. The van der Waals surface area contributed by atoms with Crippen molar-refractivity contribution in [3.63, 3.8) is 0 Å². The number of carbonyl (C=O) groups is 2. The maximum absolute atomic E-state index is 13.2. The molecule has 0 radical (unpaired) electrons. The lowest BCUT2D eigenvalue weighted by atomic mass is 10.1. The first-order valence-electron chi connectivity index (χ1n) is 12.2. The SMILES string of the molecule is Cc1cc(-c2cccs2)c(C(=O)C(=O)Nc2ccc3c(c2)OCC2CN(c4ncc(F)cn4)CCN32)n1C. The zero-order valence-electron chi connectivity index (χ0n) is 20.8. The van der Waals surface area contributed by atoms with Crippen molar-refractivity contribution in [2.75, 3.05) is 41.4 Å². The molecule has 1 N–H and O–H groups in total. The Bertz CT molecular complexity index is 1520. The number of aromatic nitrogens is 3. The van der Waals surface area contributed by atoms with E-state index in [0.29, 0.717) is 49.3 Å². The molecule has 194 valence electrons. The third-order valence-electron chi connectivity index (χ3n) is 7.01. The first kappa shape index (κ1) is 24.1. The summed E-state index contributed by atoms with van der Waals surface area (Å²) >= 11 is 1.53. The number of benzene rings is 1. The zero-order chi connectivity index (χ0) is 26.4. The first-order valence-corrected chi connectivity index (χ1v) is 13.1. The highest BCUT2D eigenvalue weighted by Gasteiger charge is 2.34. The summed E-state index contributed by atoms with van der Waals surface area (Å²) in [5.74, 6) is -0.622. The van der Waals surface area contributed by atoms with E-state index >= 15 is 0 Å². The molecule has 1 atom stereocenters. The lowest BCUT2D eigenvalue weighted by Crippen LogP contribution is -2.57. The monoisotopic (exact) mass is 532 g/mol. The van der Waals surface area contributed by atoms with Gasteiger partial charge in [-0.25, -0.2) is 14.4 Å². The van der Waals surface area contributed by atoms with Gasteiger partial charge in [-0.2, -0.15) is 0 Å². The van der Waals surface area contributed by atoms with Gasteiger partial charge in [0.2, 0.25) is 5.95 Å². The average molecular weight is 533 g/mol. The van der Waals surface area contributed by atoms with Crippen molar-refractivity contribution >= 4 is 40.4 Å². The van der Waals surface area contributed by atoms with Gasteiger partial charge in [-0.1, -0.05) is 6.07 Å². The molecule has 4 aromatic rings. The largest absolute Gasteiger partial charge is 0.489 e. The standard InChI is InChI=1S/C27H25FN6O3S/c1-16-10-20(23-4-3-9-38-23)24(32(16)2)25(35)26(36)31-18-5-6-21-22(11-18)37-15-19-14-33(7-8-34(19)21)27-29-12-17(28)13-30-27/h3-6,9-13,19H,7-8,14-15H2,1-2H3,(H,31,36). The lowest BCUT2D eigenvalue weighted by Gasteiger charge is -2.45. The Balaban J connectivity index is 1.17. The number of amides is 1. The van der Waals surface area contributed by atoms with E-state index in [9.17, 15) is 14.0 Å². The molecule has 0 aliphatic carbocycles. The van der Waals surface area contributed by atoms with E-state index in [1.54, 1.807) is 23.7 Å². The number of rotatable bonds is 5. The molecule has 2 aliphatic heterocycles. The van der Waals surface area contributed by atoms with Gasteiger partial charge in [0, 0.05) is 54.6 Å². The van der Waals surface area contributed by atoms with Gasteiger partial charge >= 0.3 is 0 Å². The van der Waals surface area contributed by atoms with Crippen LogP contribution in [0, 0.1) is 12.7 Å². The topological polar surface area (TPSA) is 92.6 Å². The quantitative estimate of drug-likeness (QED) is 0.308. The molecule has 11 heteroatoms. The fourth-order valence-electron chi connectivity index (χ4n) is 5.02. The molecule has 9 nitrogen and oxygen atoms in total. The highest BCUT2D eigenvalue weighted by atomic mass is 32.1. The number of piperazine rings is 1. The Morgan fingerprint density at radius 3 is 2.74 bits per heavy atom. The fourth-order valence-corrected chi connectivity index (χ4v) is 5.76. The van der Waals surface area contributed by atoms with Crippen molar-refractivity contribution in [3.05, 3.63) is 71.4 Å². The Morgan fingerprint density at radius 2 is 1.97 bits per heavy atom. The van der Waals surface area contributed by atoms with Crippen molar-refractivity contribution in [2.24, 2.45) is 7.05 Å². The number of hydrogen-bond donors (Lipinski definition) is 1. The Kier molecular flexibility index (Phi) is 6.07. The molecular weight excluding hydrogens is 507 g/mol. The van der Waals surface area contributed by atoms with E-state index in [4.69, 9.17) is 4.74 Å². The highest BCUT2D eigenvalue weighted by Crippen LogP contribution is 2.38. The minimum atomic E-state index is -0.703. The number of hydrogen-bond acceptors (Lipinski definition) is 8. The van der Waals surface area contributed by atoms with Crippen molar-refractivity contribution < 1.29 is 18.7 Å². The van der Waals surface area contributed by atoms with E-state index < -0.39 is 17.5 Å². The summed E-state index contributed by atoms with van der Waals surface area (Å²) in [5, 5.41) is 4.70. The number of nitrogens with one attached hydrogen (secondary N) is 1. The number of ether oxygens (including phenoxy) is 1.